The third-order valence-electron chi connectivity index (χ3n) is 4.82. The minimum atomic E-state index is -0.551. The van der Waals surface area contributed by atoms with Gasteiger partial charge in [0, 0.05) is 23.4 Å². The summed E-state index contributed by atoms with van der Waals surface area (Å²) in [6, 6.07) is 25.8. The molecule has 0 aliphatic carbocycles. The predicted octanol–water partition coefficient (Wildman–Crippen LogP) is 3.95. The van der Waals surface area contributed by atoms with Crippen molar-refractivity contribution in [2.45, 2.75) is 12.6 Å². The Labute approximate surface area is 157 Å². The van der Waals surface area contributed by atoms with Crippen LogP contribution in [0.1, 0.15) is 27.5 Å². The van der Waals surface area contributed by atoms with Crippen molar-refractivity contribution in [3.8, 4) is 5.75 Å². The molecule has 1 atom stereocenters. The van der Waals surface area contributed by atoms with E-state index in [1.807, 2.05) is 42.5 Å². The van der Waals surface area contributed by atoms with Crippen molar-refractivity contribution < 1.29 is 14.7 Å². The SMILES string of the molecule is O=C(NO)c1ccc2c(c1)OCC(c1ccccc1)N(c1ccccc1)C2. The molecule has 4 rings (SSSR count). The Balaban J connectivity index is 1.75. The van der Waals surface area contributed by atoms with Crippen LogP contribution in [0.2, 0.25) is 0 Å². The van der Waals surface area contributed by atoms with Gasteiger partial charge in [0.2, 0.25) is 0 Å². The Bertz CT molecular complexity index is 929. The number of hydrogen-bond acceptors (Lipinski definition) is 4. The molecule has 3 aromatic carbocycles. The normalized spacial score (nSPS) is 16.0. The first-order valence-corrected chi connectivity index (χ1v) is 8.83. The van der Waals surface area contributed by atoms with E-state index >= 15 is 0 Å². The number of anilines is 1. The lowest BCUT2D eigenvalue weighted by Gasteiger charge is -2.31. The predicted molar refractivity (Wildman–Crippen MR) is 103 cm³/mol. The highest BCUT2D eigenvalue weighted by Gasteiger charge is 2.27. The van der Waals surface area contributed by atoms with Gasteiger partial charge in [-0.2, -0.15) is 0 Å². The van der Waals surface area contributed by atoms with Gasteiger partial charge in [0.05, 0.1) is 6.04 Å². The third kappa shape index (κ3) is 3.50. The minimum Gasteiger partial charge on any atom is -0.491 e. The lowest BCUT2D eigenvalue weighted by molar-refractivity contribution is 0.0706. The number of amides is 1. The molecular weight excluding hydrogens is 340 g/mol. The molecule has 0 saturated carbocycles. The van der Waals surface area contributed by atoms with Crippen LogP contribution in [0.5, 0.6) is 5.75 Å². The minimum absolute atomic E-state index is 0.0381. The van der Waals surface area contributed by atoms with Crippen molar-refractivity contribution >= 4 is 11.6 Å². The topological polar surface area (TPSA) is 61.8 Å². The zero-order chi connectivity index (χ0) is 18.6. The first-order chi connectivity index (χ1) is 13.3. The molecule has 1 aliphatic heterocycles. The maximum atomic E-state index is 11.7. The fourth-order valence-corrected chi connectivity index (χ4v) is 3.42. The van der Waals surface area contributed by atoms with E-state index in [9.17, 15) is 4.79 Å². The zero-order valence-electron chi connectivity index (χ0n) is 14.7. The van der Waals surface area contributed by atoms with Crippen LogP contribution in [0.25, 0.3) is 0 Å². The van der Waals surface area contributed by atoms with E-state index in [1.165, 1.54) is 5.56 Å². The van der Waals surface area contributed by atoms with Crippen LogP contribution in [0.3, 0.4) is 0 Å². The first-order valence-electron chi connectivity index (χ1n) is 8.83. The van der Waals surface area contributed by atoms with Crippen molar-refractivity contribution in [3.05, 3.63) is 95.6 Å². The Morgan fingerprint density at radius 3 is 2.41 bits per heavy atom. The van der Waals surface area contributed by atoms with Gasteiger partial charge in [-0.15, -0.1) is 0 Å². The molecule has 0 radical (unpaired) electrons. The van der Waals surface area contributed by atoms with E-state index in [-0.39, 0.29) is 6.04 Å². The largest absolute Gasteiger partial charge is 0.491 e. The number of carbonyl (C=O) groups excluding carboxylic acids is 1. The zero-order valence-corrected chi connectivity index (χ0v) is 14.7. The second kappa shape index (κ2) is 7.51. The summed E-state index contributed by atoms with van der Waals surface area (Å²) in [5, 5.41) is 8.88. The quantitative estimate of drug-likeness (QED) is 0.548. The average Bonchev–Trinajstić information content (AvgIpc) is 2.93. The molecule has 0 aromatic heterocycles. The maximum Gasteiger partial charge on any atom is 0.274 e. The number of hydroxylamine groups is 1. The summed E-state index contributed by atoms with van der Waals surface area (Å²) in [6.07, 6.45) is 0. The van der Waals surface area contributed by atoms with Crippen LogP contribution in [0, 0.1) is 0 Å². The highest BCUT2D eigenvalue weighted by atomic mass is 16.5. The lowest BCUT2D eigenvalue weighted by atomic mass is 10.0. The van der Waals surface area contributed by atoms with Gasteiger partial charge in [0.15, 0.2) is 0 Å². The van der Waals surface area contributed by atoms with Gasteiger partial charge in [0.25, 0.3) is 5.91 Å². The second-order valence-electron chi connectivity index (χ2n) is 6.46. The molecule has 3 aromatic rings. The van der Waals surface area contributed by atoms with Crippen molar-refractivity contribution in [1.82, 2.24) is 5.48 Å². The van der Waals surface area contributed by atoms with Crippen molar-refractivity contribution in [2.75, 3.05) is 11.5 Å². The number of fused-ring (bicyclic) bond motifs is 1. The summed E-state index contributed by atoms with van der Waals surface area (Å²) in [5.74, 6) is 0.112. The number of rotatable bonds is 3. The van der Waals surface area contributed by atoms with Crippen LogP contribution in [0.15, 0.2) is 78.9 Å². The average molecular weight is 360 g/mol. The van der Waals surface area contributed by atoms with Gasteiger partial charge in [-0.05, 0) is 29.8 Å². The van der Waals surface area contributed by atoms with E-state index in [0.717, 1.165) is 11.3 Å². The third-order valence-corrected chi connectivity index (χ3v) is 4.82. The number of carbonyl (C=O) groups is 1. The van der Waals surface area contributed by atoms with Crippen molar-refractivity contribution in [3.63, 3.8) is 0 Å². The number of para-hydroxylation sites is 1. The lowest BCUT2D eigenvalue weighted by Crippen LogP contribution is -2.30. The summed E-state index contributed by atoms with van der Waals surface area (Å²) in [7, 11) is 0. The molecule has 5 nitrogen and oxygen atoms in total. The molecule has 0 fully saturated rings. The molecule has 0 saturated heterocycles. The summed E-state index contributed by atoms with van der Waals surface area (Å²) in [4.78, 5) is 14.0. The Hall–Kier alpha value is -3.31. The Kier molecular flexibility index (Phi) is 4.77. The van der Waals surface area contributed by atoms with Crippen LogP contribution >= 0.6 is 0 Å². The molecule has 2 N–H and O–H groups in total. The number of hydrogen-bond donors (Lipinski definition) is 2. The van der Waals surface area contributed by atoms with E-state index in [4.69, 9.17) is 9.94 Å². The monoisotopic (exact) mass is 360 g/mol. The van der Waals surface area contributed by atoms with E-state index in [0.29, 0.717) is 24.5 Å². The Morgan fingerprint density at radius 1 is 1.00 bits per heavy atom. The summed E-state index contributed by atoms with van der Waals surface area (Å²) < 4.78 is 6.10. The highest BCUT2D eigenvalue weighted by molar-refractivity contribution is 5.93. The molecule has 27 heavy (non-hydrogen) atoms. The summed E-state index contributed by atoms with van der Waals surface area (Å²) in [6.45, 7) is 1.11. The van der Waals surface area contributed by atoms with Gasteiger partial charge in [-0.1, -0.05) is 54.6 Å². The van der Waals surface area contributed by atoms with Gasteiger partial charge in [0.1, 0.15) is 12.4 Å². The first kappa shape index (κ1) is 17.1. The van der Waals surface area contributed by atoms with Crippen LogP contribution in [-0.4, -0.2) is 17.7 Å². The molecule has 1 aliphatic rings. The number of nitrogens with zero attached hydrogens (tertiary/aromatic N) is 1. The van der Waals surface area contributed by atoms with Crippen LogP contribution < -0.4 is 15.1 Å². The van der Waals surface area contributed by atoms with E-state index in [1.54, 1.807) is 17.6 Å². The molecule has 0 bridgehead atoms. The van der Waals surface area contributed by atoms with E-state index in [2.05, 4.69) is 29.2 Å². The molecule has 1 heterocycles. The van der Waals surface area contributed by atoms with Crippen LogP contribution in [-0.2, 0) is 6.54 Å². The standard InChI is InChI=1S/C22H20N2O3/c25-22(23-26)17-11-12-18-14-24(19-9-5-2-6-10-19)20(15-27-21(18)13-17)16-7-3-1-4-8-16/h1-13,20,26H,14-15H2,(H,23,25). The maximum absolute atomic E-state index is 11.7. The number of nitrogens with one attached hydrogen (secondary N) is 1. The Morgan fingerprint density at radius 2 is 1.70 bits per heavy atom. The van der Waals surface area contributed by atoms with Crippen molar-refractivity contribution in [2.24, 2.45) is 0 Å². The summed E-state index contributed by atoms with van der Waals surface area (Å²) >= 11 is 0. The van der Waals surface area contributed by atoms with Gasteiger partial charge in [-0.3, -0.25) is 10.0 Å². The number of benzene rings is 3. The van der Waals surface area contributed by atoms with Crippen LogP contribution in [0.4, 0.5) is 5.69 Å². The fraction of sp³-hybridized carbons (Fsp3) is 0.136. The second-order valence-corrected chi connectivity index (χ2v) is 6.46. The smallest absolute Gasteiger partial charge is 0.274 e. The highest BCUT2D eigenvalue weighted by Crippen LogP contribution is 2.35. The fourth-order valence-electron chi connectivity index (χ4n) is 3.42. The molecule has 1 unspecified atom stereocenters. The molecule has 0 spiro atoms. The number of ether oxygens (including phenoxy) is 1. The molecule has 136 valence electrons. The van der Waals surface area contributed by atoms with E-state index < -0.39 is 5.91 Å². The van der Waals surface area contributed by atoms with Gasteiger partial charge < -0.3 is 9.64 Å². The van der Waals surface area contributed by atoms with Gasteiger partial charge in [-0.25, -0.2) is 5.48 Å². The summed E-state index contributed by atoms with van der Waals surface area (Å²) in [5.41, 5.74) is 5.30. The molecule has 1 amide bonds. The molecular formula is C22H20N2O3. The van der Waals surface area contributed by atoms with Crippen molar-refractivity contribution in [1.29, 1.82) is 0 Å². The van der Waals surface area contributed by atoms with Gasteiger partial charge >= 0.3 is 0 Å². The molecule has 5 heteroatoms.